The molecule has 0 aliphatic carbocycles. The molecule has 0 saturated heterocycles. The third-order valence-electron chi connectivity index (χ3n) is 2.52. The second-order valence-corrected chi connectivity index (χ2v) is 3.38. The van der Waals surface area contributed by atoms with Crippen LogP contribution in [0.3, 0.4) is 0 Å². The molecular weight excluding hydrogens is 202 g/mol. The Kier molecular flexibility index (Phi) is 2.64. The minimum atomic E-state index is 0.318. The van der Waals surface area contributed by atoms with Gasteiger partial charge in [-0.1, -0.05) is 24.3 Å². The van der Waals surface area contributed by atoms with Crippen LogP contribution in [0, 0.1) is 0 Å². The van der Waals surface area contributed by atoms with Crippen molar-refractivity contribution in [1.82, 2.24) is 0 Å². The summed E-state index contributed by atoms with van der Waals surface area (Å²) in [6.07, 6.45) is 0. The van der Waals surface area contributed by atoms with Crippen molar-refractivity contribution in [2.24, 2.45) is 16.7 Å². The van der Waals surface area contributed by atoms with Crippen LogP contribution in [-0.4, -0.2) is 12.9 Å². The van der Waals surface area contributed by atoms with Crippen LogP contribution >= 0.6 is 0 Å². The van der Waals surface area contributed by atoms with Crippen LogP contribution in [0.1, 0.15) is 5.56 Å². The molecule has 0 unspecified atom stereocenters. The van der Waals surface area contributed by atoms with Crippen molar-refractivity contribution in [3.05, 3.63) is 42.0 Å². The Hall–Kier alpha value is -2.23. The summed E-state index contributed by atoms with van der Waals surface area (Å²) in [6, 6.07) is 11.5. The first-order chi connectivity index (χ1) is 7.77. The van der Waals surface area contributed by atoms with Gasteiger partial charge in [0.05, 0.1) is 7.11 Å². The lowest BCUT2D eigenvalue weighted by atomic mass is 10.0. The van der Waals surface area contributed by atoms with Crippen LogP contribution in [0.4, 0.5) is 0 Å². The van der Waals surface area contributed by atoms with Gasteiger partial charge in [0.15, 0.2) is 5.84 Å². The molecule has 2 aromatic rings. The predicted molar refractivity (Wildman–Crippen MR) is 65.4 cm³/mol. The Morgan fingerprint density at radius 1 is 1.12 bits per heavy atom. The maximum absolute atomic E-state index is 5.74. The lowest BCUT2D eigenvalue weighted by Gasteiger charge is -2.09. The second-order valence-electron chi connectivity index (χ2n) is 3.38. The summed E-state index contributed by atoms with van der Waals surface area (Å²) < 4.78 is 5.28. The maximum Gasteiger partial charge on any atom is 0.150 e. The zero-order chi connectivity index (χ0) is 11.5. The number of benzene rings is 2. The van der Waals surface area contributed by atoms with Crippen molar-refractivity contribution >= 4 is 16.6 Å². The summed E-state index contributed by atoms with van der Waals surface area (Å²) >= 11 is 0. The van der Waals surface area contributed by atoms with Gasteiger partial charge < -0.3 is 16.3 Å². The third-order valence-corrected chi connectivity index (χ3v) is 2.52. The van der Waals surface area contributed by atoms with Gasteiger partial charge in [-0.15, -0.1) is 0 Å². The van der Waals surface area contributed by atoms with Crippen molar-refractivity contribution in [3.63, 3.8) is 0 Å². The van der Waals surface area contributed by atoms with Gasteiger partial charge >= 0.3 is 0 Å². The molecule has 4 heteroatoms. The van der Waals surface area contributed by atoms with Gasteiger partial charge in [0, 0.05) is 10.9 Å². The topological polar surface area (TPSA) is 73.6 Å². The molecule has 0 bridgehead atoms. The van der Waals surface area contributed by atoms with E-state index in [2.05, 4.69) is 5.10 Å². The lowest BCUT2D eigenvalue weighted by Crippen LogP contribution is -2.15. The molecule has 0 aliphatic heterocycles. The van der Waals surface area contributed by atoms with E-state index in [1.807, 2.05) is 36.4 Å². The van der Waals surface area contributed by atoms with Crippen LogP contribution in [-0.2, 0) is 0 Å². The fourth-order valence-corrected chi connectivity index (χ4v) is 1.74. The van der Waals surface area contributed by atoms with Crippen molar-refractivity contribution in [2.75, 3.05) is 7.11 Å². The maximum atomic E-state index is 5.74. The van der Waals surface area contributed by atoms with Crippen LogP contribution in [0.2, 0.25) is 0 Å². The number of hydrogen-bond acceptors (Lipinski definition) is 3. The van der Waals surface area contributed by atoms with Gasteiger partial charge in [0.2, 0.25) is 0 Å². The molecule has 2 rings (SSSR count). The van der Waals surface area contributed by atoms with Crippen LogP contribution in [0.25, 0.3) is 10.8 Å². The average molecular weight is 215 g/mol. The first kappa shape index (κ1) is 10.3. The highest BCUT2D eigenvalue weighted by Crippen LogP contribution is 2.27. The highest BCUT2D eigenvalue weighted by atomic mass is 16.5. The van der Waals surface area contributed by atoms with E-state index in [0.717, 1.165) is 22.1 Å². The molecule has 0 heterocycles. The van der Waals surface area contributed by atoms with Crippen molar-refractivity contribution in [2.45, 2.75) is 0 Å². The zero-order valence-corrected chi connectivity index (χ0v) is 8.97. The predicted octanol–water partition coefficient (Wildman–Crippen LogP) is 1.43. The van der Waals surface area contributed by atoms with E-state index in [1.54, 1.807) is 7.11 Å². The van der Waals surface area contributed by atoms with Gasteiger partial charge in [-0.25, -0.2) is 0 Å². The molecule has 0 saturated carbocycles. The highest BCUT2D eigenvalue weighted by molar-refractivity contribution is 6.10. The summed E-state index contributed by atoms with van der Waals surface area (Å²) in [5.74, 6) is 6.33. The quantitative estimate of drug-likeness (QED) is 0.344. The standard InChI is InChI=1S/C12H13N3O/c1-16-11-7-6-10(12(13)15-14)8-4-2-3-5-9(8)11/h2-7H,14H2,1H3,(H2,13,15). The number of nitrogens with two attached hydrogens (primary N) is 2. The van der Waals surface area contributed by atoms with Crippen LogP contribution < -0.4 is 16.3 Å². The van der Waals surface area contributed by atoms with Gasteiger partial charge in [-0.2, -0.15) is 5.10 Å². The number of ether oxygens (including phenoxy) is 1. The Bertz CT molecular complexity index is 549. The van der Waals surface area contributed by atoms with E-state index < -0.39 is 0 Å². The molecule has 0 radical (unpaired) electrons. The molecule has 2 aromatic carbocycles. The number of fused-ring (bicyclic) bond motifs is 1. The second kappa shape index (κ2) is 4.10. The summed E-state index contributed by atoms with van der Waals surface area (Å²) in [4.78, 5) is 0. The lowest BCUT2D eigenvalue weighted by molar-refractivity contribution is 0.420. The molecule has 4 N–H and O–H groups in total. The number of methoxy groups -OCH3 is 1. The van der Waals surface area contributed by atoms with Gasteiger partial charge in [0.25, 0.3) is 0 Å². The Labute approximate surface area is 93.5 Å². The van der Waals surface area contributed by atoms with E-state index in [9.17, 15) is 0 Å². The molecule has 82 valence electrons. The minimum absolute atomic E-state index is 0.318. The van der Waals surface area contributed by atoms with Gasteiger partial charge in [0.1, 0.15) is 5.75 Å². The first-order valence-corrected chi connectivity index (χ1v) is 4.87. The smallest absolute Gasteiger partial charge is 0.150 e. The molecule has 4 nitrogen and oxygen atoms in total. The van der Waals surface area contributed by atoms with Crippen molar-refractivity contribution < 1.29 is 4.74 Å². The number of hydrazone groups is 1. The summed E-state index contributed by atoms with van der Waals surface area (Å²) in [5, 5.41) is 5.49. The monoisotopic (exact) mass is 215 g/mol. The van der Waals surface area contributed by atoms with E-state index in [0.29, 0.717) is 5.84 Å². The zero-order valence-electron chi connectivity index (χ0n) is 8.97. The first-order valence-electron chi connectivity index (χ1n) is 4.87. The van der Waals surface area contributed by atoms with Crippen LogP contribution in [0.5, 0.6) is 5.75 Å². The molecule has 0 aliphatic rings. The minimum Gasteiger partial charge on any atom is -0.496 e. The van der Waals surface area contributed by atoms with Crippen LogP contribution in [0.15, 0.2) is 41.5 Å². The molecule has 0 fully saturated rings. The van der Waals surface area contributed by atoms with Gasteiger partial charge in [-0.3, -0.25) is 0 Å². The number of nitrogens with zero attached hydrogens (tertiary/aromatic N) is 1. The average Bonchev–Trinajstić information content (AvgIpc) is 2.36. The van der Waals surface area contributed by atoms with Crippen molar-refractivity contribution in [1.29, 1.82) is 0 Å². The fraction of sp³-hybridized carbons (Fsp3) is 0.0833. The Morgan fingerprint density at radius 3 is 2.44 bits per heavy atom. The molecule has 0 aromatic heterocycles. The van der Waals surface area contributed by atoms with E-state index >= 15 is 0 Å². The van der Waals surface area contributed by atoms with Crippen molar-refractivity contribution in [3.8, 4) is 5.75 Å². The molecular formula is C12H13N3O. The molecule has 0 amide bonds. The Morgan fingerprint density at radius 2 is 1.81 bits per heavy atom. The Balaban J connectivity index is 2.79. The number of rotatable bonds is 2. The fourth-order valence-electron chi connectivity index (χ4n) is 1.74. The molecule has 0 atom stereocenters. The summed E-state index contributed by atoms with van der Waals surface area (Å²) in [5.41, 5.74) is 6.55. The van der Waals surface area contributed by atoms with Gasteiger partial charge in [-0.05, 0) is 17.5 Å². The molecule has 0 spiro atoms. The summed E-state index contributed by atoms with van der Waals surface area (Å²) in [7, 11) is 1.64. The molecule has 16 heavy (non-hydrogen) atoms. The SMILES string of the molecule is COc1ccc(C(N)=NN)c2ccccc12. The third kappa shape index (κ3) is 1.54. The van der Waals surface area contributed by atoms with E-state index in [4.69, 9.17) is 16.3 Å². The largest absolute Gasteiger partial charge is 0.496 e. The summed E-state index contributed by atoms with van der Waals surface area (Å²) in [6.45, 7) is 0. The number of amidine groups is 1. The normalized spacial score (nSPS) is 11.7. The highest BCUT2D eigenvalue weighted by Gasteiger charge is 2.08. The van der Waals surface area contributed by atoms with E-state index in [1.165, 1.54) is 0 Å². The van der Waals surface area contributed by atoms with E-state index in [-0.39, 0.29) is 0 Å². The number of hydrogen-bond donors (Lipinski definition) is 2.